The fourth-order valence-electron chi connectivity index (χ4n) is 3.47. The molecular weight excluding hydrogens is 364 g/mol. The summed E-state index contributed by atoms with van der Waals surface area (Å²) in [6.07, 6.45) is 1.62. The largest absolute Gasteiger partial charge is 0.464 e. The lowest BCUT2D eigenvalue weighted by molar-refractivity contribution is 0.0594. The van der Waals surface area contributed by atoms with E-state index in [1.807, 2.05) is 36.4 Å². The third-order valence-corrected chi connectivity index (χ3v) is 4.77. The van der Waals surface area contributed by atoms with Crippen LogP contribution in [0.1, 0.15) is 32.0 Å². The minimum absolute atomic E-state index is 0.229. The Balaban J connectivity index is 2.15. The molecule has 0 saturated carbocycles. The number of rotatable bonds is 4. The van der Waals surface area contributed by atoms with Crippen LogP contribution in [-0.4, -0.2) is 23.3 Å². The van der Waals surface area contributed by atoms with Gasteiger partial charge in [-0.15, -0.1) is 0 Å². The lowest BCUT2D eigenvalue weighted by Crippen LogP contribution is -2.07. The van der Waals surface area contributed by atoms with Crippen LogP contribution < -0.4 is 0 Å². The third kappa shape index (κ3) is 3.07. The standard InChI is InChI=1S/C24H16N2O3/c1-29-24(28)22-20(17-8-4-2-5-9-17)21(23(27)18-10-6-3-7-11-18)19-14-16(15-25)12-13-26(19)22/h2-14H,1H3. The number of benzene rings is 2. The van der Waals surface area contributed by atoms with Crippen molar-refractivity contribution < 1.29 is 14.3 Å². The number of pyridine rings is 1. The van der Waals surface area contributed by atoms with E-state index in [1.165, 1.54) is 7.11 Å². The van der Waals surface area contributed by atoms with Crippen molar-refractivity contribution in [2.45, 2.75) is 0 Å². The number of carbonyl (C=O) groups excluding carboxylic acids is 2. The van der Waals surface area contributed by atoms with E-state index in [4.69, 9.17) is 4.74 Å². The summed E-state index contributed by atoms with van der Waals surface area (Å²) in [6, 6.07) is 23.4. The molecule has 0 N–H and O–H groups in total. The van der Waals surface area contributed by atoms with Gasteiger partial charge in [0.1, 0.15) is 5.69 Å². The molecule has 0 aliphatic carbocycles. The van der Waals surface area contributed by atoms with Gasteiger partial charge >= 0.3 is 5.97 Å². The van der Waals surface area contributed by atoms with Crippen LogP contribution in [0.25, 0.3) is 16.6 Å². The minimum atomic E-state index is -0.560. The molecule has 0 aliphatic rings. The van der Waals surface area contributed by atoms with Crippen LogP contribution in [0.3, 0.4) is 0 Å². The Morgan fingerprint density at radius 1 is 0.966 bits per heavy atom. The summed E-state index contributed by atoms with van der Waals surface area (Å²) in [7, 11) is 1.30. The molecule has 4 aromatic rings. The first-order valence-corrected chi connectivity index (χ1v) is 8.97. The number of hydrogen-bond acceptors (Lipinski definition) is 4. The van der Waals surface area contributed by atoms with Crippen molar-refractivity contribution in [3.63, 3.8) is 0 Å². The molecule has 2 aromatic heterocycles. The normalized spacial score (nSPS) is 10.5. The molecule has 2 heterocycles. The van der Waals surface area contributed by atoms with Crippen molar-refractivity contribution in [2.75, 3.05) is 7.11 Å². The molecule has 140 valence electrons. The molecule has 0 aliphatic heterocycles. The van der Waals surface area contributed by atoms with Crippen LogP contribution >= 0.6 is 0 Å². The van der Waals surface area contributed by atoms with Crippen molar-refractivity contribution >= 4 is 17.3 Å². The number of esters is 1. The highest BCUT2D eigenvalue weighted by Crippen LogP contribution is 2.35. The number of hydrogen-bond donors (Lipinski definition) is 0. The zero-order valence-corrected chi connectivity index (χ0v) is 15.6. The molecule has 0 unspecified atom stereocenters. The van der Waals surface area contributed by atoms with Gasteiger partial charge in [-0.1, -0.05) is 60.7 Å². The summed E-state index contributed by atoms with van der Waals surface area (Å²) in [4.78, 5) is 26.3. The lowest BCUT2D eigenvalue weighted by Gasteiger charge is -2.07. The van der Waals surface area contributed by atoms with Crippen molar-refractivity contribution in [3.8, 4) is 17.2 Å². The number of nitriles is 1. The zero-order valence-electron chi connectivity index (χ0n) is 15.6. The topological polar surface area (TPSA) is 71.6 Å². The summed E-state index contributed by atoms with van der Waals surface area (Å²) in [6.45, 7) is 0. The first kappa shape index (κ1) is 18.2. The second-order valence-corrected chi connectivity index (χ2v) is 6.43. The van der Waals surface area contributed by atoms with Gasteiger partial charge < -0.3 is 9.14 Å². The quantitative estimate of drug-likeness (QED) is 0.386. The van der Waals surface area contributed by atoms with Crippen LogP contribution in [0.15, 0.2) is 79.0 Å². The highest BCUT2D eigenvalue weighted by Gasteiger charge is 2.29. The van der Waals surface area contributed by atoms with Gasteiger partial charge in [-0.2, -0.15) is 5.26 Å². The van der Waals surface area contributed by atoms with Crippen molar-refractivity contribution in [2.24, 2.45) is 0 Å². The molecule has 4 rings (SSSR count). The van der Waals surface area contributed by atoms with E-state index >= 15 is 0 Å². The van der Waals surface area contributed by atoms with E-state index < -0.39 is 5.97 Å². The molecular formula is C24H16N2O3. The summed E-state index contributed by atoms with van der Waals surface area (Å²) in [5.74, 6) is -0.789. The van der Waals surface area contributed by atoms with Crippen LogP contribution in [-0.2, 0) is 4.74 Å². The second kappa shape index (κ2) is 7.45. The van der Waals surface area contributed by atoms with Crippen LogP contribution in [0.2, 0.25) is 0 Å². The lowest BCUT2D eigenvalue weighted by atomic mass is 9.94. The maximum absolute atomic E-state index is 13.5. The summed E-state index contributed by atoms with van der Waals surface area (Å²) in [5.41, 5.74) is 3.19. The predicted octanol–water partition coefficient (Wildman–Crippen LogP) is 4.50. The van der Waals surface area contributed by atoms with Gasteiger partial charge in [0.2, 0.25) is 0 Å². The zero-order chi connectivity index (χ0) is 20.4. The number of ketones is 1. The Labute approximate surface area is 167 Å². The van der Waals surface area contributed by atoms with Gasteiger partial charge in [-0.25, -0.2) is 4.79 Å². The molecule has 5 heteroatoms. The number of nitrogens with zero attached hydrogens (tertiary/aromatic N) is 2. The average molecular weight is 380 g/mol. The first-order chi connectivity index (χ1) is 14.2. The number of aromatic nitrogens is 1. The molecule has 5 nitrogen and oxygen atoms in total. The SMILES string of the molecule is COC(=O)c1c(-c2ccccc2)c(C(=O)c2ccccc2)c2cc(C#N)ccn12. The molecule has 0 saturated heterocycles. The Bertz CT molecular complexity index is 1270. The Kier molecular flexibility index (Phi) is 4.68. The van der Waals surface area contributed by atoms with Gasteiger partial charge in [0, 0.05) is 17.3 Å². The molecule has 0 amide bonds. The Morgan fingerprint density at radius 2 is 1.62 bits per heavy atom. The van der Waals surface area contributed by atoms with E-state index in [9.17, 15) is 14.9 Å². The van der Waals surface area contributed by atoms with E-state index in [0.29, 0.717) is 27.8 Å². The number of carbonyl (C=O) groups is 2. The Morgan fingerprint density at radius 3 is 2.24 bits per heavy atom. The number of fused-ring (bicyclic) bond motifs is 1. The van der Waals surface area contributed by atoms with Gasteiger partial charge in [0.15, 0.2) is 5.78 Å². The molecule has 0 radical (unpaired) electrons. The maximum atomic E-state index is 13.5. The van der Waals surface area contributed by atoms with E-state index in [1.54, 1.807) is 47.0 Å². The molecule has 2 aromatic carbocycles. The molecule has 0 spiro atoms. The van der Waals surface area contributed by atoms with Crippen molar-refractivity contribution in [1.29, 1.82) is 5.26 Å². The molecule has 29 heavy (non-hydrogen) atoms. The van der Waals surface area contributed by atoms with E-state index in [2.05, 4.69) is 6.07 Å². The van der Waals surface area contributed by atoms with E-state index in [-0.39, 0.29) is 11.5 Å². The third-order valence-electron chi connectivity index (χ3n) is 4.77. The summed E-state index contributed by atoms with van der Waals surface area (Å²) < 4.78 is 6.64. The van der Waals surface area contributed by atoms with Gasteiger partial charge in [-0.3, -0.25) is 4.79 Å². The van der Waals surface area contributed by atoms with E-state index in [0.717, 1.165) is 5.56 Å². The summed E-state index contributed by atoms with van der Waals surface area (Å²) >= 11 is 0. The smallest absolute Gasteiger partial charge is 0.355 e. The molecule has 0 atom stereocenters. The highest BCUT2D eigenvalue weighted by molar-refractivity contribution is 6.20. The van der Waals surface area contributed by atoms with Crippen LogP contribution in [0.5, 0.6) is 0 Å². The van der Waals surface area contributed by atoms with Gasteiger partial charge in [0.05, 0.1) is 29.8 Å². The maximum Gasteiger partial charge on any atom is 0.355 e. The van der Waals surface area contributed by atoms with Gasteiger partial charge in [-0.05, 0) is 17.7 Å². The average Bonchev–Trinajstić information content (AvgIpc) is 3.13. The molecule has 0 fully saturated rings. The molecule has 0 bridgehead atoms. The Hall–Kier alpha value is -4.17. The number of ether oxygens (including phenoxy) is 1. The first-order valence-electron chi connectivity index (χ1n) is 8.97. The van der Waals surface area contributed by atoms with Crippen LogP contribution in [0, 0.1) is 11.3 Å². The minimum Gasteiger partial charge on any atom is -0.464 e. The predicted molar refractivity (Wildman–Crippen MR) is 109 cm³/mol. The fraction of sp³-hybridized carbons (Fsp3) is 0.0417. The monoisotopic (exact) mass is 380 g/mol. The van der Waals surface area contributed by atoms with Crippen LogP contribution in [0.4, 0.5) is 0 Å². The highest BCUT2D eigenvalue weighted by atomic mass is 16.5. The van der Waals surface area contributed by atoms with Gasteiger partial charge in [0.25, 0.3) is 0 Å². The summed E-state index contributed by atoms with van der Waals surface area (Å²) in [5, 5.41) is 9.36. The fourth-order valence-corrected chi connectivity index (χ4v) is 3.47. The second-order valence-electron chi connectivity index (χ2n) is 6.43. The van der Waals surface area contributed by atoms with Crippen molar-refractivity contribution in [3.05, 3.63) is 101 Å². The number of methoxy groups -OCH3 is 1. The van der Waals surface area contributed by atoms with Crippen molar-refractivity contribution in [1.82, 2.24) is 4.40 Å².